The molecule has 0 bridgehead atoms. The third kappa shape index (κ3) is 4.51. The van der Waals surface area contributed by atoms with Crippen molar-refractivity contribution in [3.8, 4) is 17.2 Å². The molecule has 1 aromatic heterocycles. The molecule has 0 aliphatic carbocycles. The van der Waals surface area contributed by atoms with Crippen molar-refractivity contribution < 1.29 is 28.5 Å². The third-order valence-electron chi connectivity index (χ3n) is 5.73. The lowest BCUT2D eigenvalue weighted by molar-refractivity contribution is -0.124. The van der Waals surface area contributed by atoms with Crippen molar-refractivity contribution >= 4 is 44.2 Å². The average molecular weight is 486 g/mol. The Bertz CT molecular complexity index is 1140. The van der Waals surface area contributed by atoms with Crippen LogP contribution in [0.15, 0.2) is 36.4 Å². The summed E-state index contributed by atoms with van der Waals surface area (Å²) in [5.74, 6) is 0.499. The number of nitrogens with zero attached hydrogens (tertiary/aromatic N) is 3. The zero-order valence-electron chi connectivity index (χ0n) is 19.6. The molecule has 0 saturated carbocycles. The second kappa shape index (κ2) is 10.3. The first-order valence-electron chi connectivity index (χ1n) is 10.8. The molecule has 0 N–H and O–H groups in total. The molecular formula is C24H27N3O6S. The number of methoxy groups -OCH3 is 4. The highest BCUT2D eigenvalue weighted by molar-refractivity contribution is 7.22. The van der Waals surface area contributed by atoms with Crippen molar-refractivity contribution in [2.75, 3.05) is 57.9 Å². The van der Waals surface area contributed by atoms with Gasteiger partial charge in [0.05, 0.1) is 56.3 Å². The van der Waals surface area contributed by atoms with Crippen LogP contribution in [-0.4, -0.2) is 64.9 Å². The lowest BCUT2D eigenvalue weighted by Gasteiger charge is -2.23. The number of ether oxygens (including phenoxy) is 4. The third-order valence-corrected chi connectivity index (χ3v) is 6.79. The van der Waals surface area contributed by atoms with Gasteiger partial charge in [-0.15, -0.1) is 0 Å². The molecule has 1 aliphatic heterocycles. The monoisotopic (exact) mass is 485 g/mol. The number of fused-ring (bicyclic) bond motifs is 1. The fourth-order valence-electron chi connectivity index (χ4n) is 4.02. The SMILES string of the molecule is COCCN(C(=O)C1CC(=O)N(c2cc(OC)c(OC)c(OC)c2)C1)c1nc2ccccc2s1. The minimum absolute atomic E-state index is 0.101. The molecule has 34 heavy (non-hydrogen) atoms. The van der Waals surface area contributed by atoms with Crippen LogP contribution in [0.2, 0.25) is 0 Å². The van der Waals surface area contributed by atoms with Gasteiger partial charge in [-0.3, -0.25) is 14.5 Å². The molecule has 4 rings (SSSR count). The van der Waals surface area contributed by atoms with E-state index in [0.717, 1.165) is 10.2 Å². The van der Waals surface area contributed by atoms with Crippen LogP contribution in [0.1, 0.15) is 6.42 Å². The maximum Gasteiger partial charge on any atom is 0.234 e. The quantitative estimate of drug-likeness (QED) is 0.459. The number of hydrogen-bond donors (Lipinski definition) is 0. The van der Waals surface area contributed by atoms with Crippen LogP contribution in [0.3, 0.4) is 0 Å². The molecule has 9 nitrogen and oxygen atoms in total. The Balaban J connectivity index is 1.61. The molecule has 1 saturated heterocycles. The number of carbonyl (C=O) groups excluding carboxylic acids is 2. The van der Waals surface area contributed by atoms with Crippen LogP contribution in [0, 0.1) is 5.92 Å². The Hall–Kier alpha value is -3.37. The largest absolute Gasteiger partial charge is 0.493 e. The summed E-state index contributed by atoms with van der Waals surface area (Å²) in [6.45, 7) is 0.952. The maximum absolute atomic E-state index is 13.6. The van der Waals surface area contributed by atoms with Gasteiger partial charge in [0.25, 0.3) is 0 Å². The average Bonchev–Trinajstić information content (AvgIpc) is 3.46. The Morgan fingerprint density at radius 3 is 2.44 bits per heavy atom. The molecule has 1 unspecified atom stereocenters. The van der Waals surface area contributed by atoms with Crippen LogP contribution < -0.4 is 24.0 Å². The van der Waals surface area contributed by atoms with E-state index in [2.05, 4.69) is 4.98 Å². The van der Waals surface area contributed by atoms with Crippen molar-refractivity contribution in [1.29, 1.82) is 0 Å². The zero-order chi connectivity index (χ0) is 24.2. The molecule has 180 valence electrons. The molecule has 2 aromatic carbocycles. The van der Waals surface area contributed by atoms with Gasteiger partial charge < -0.3 is 23.8 Å². The van der Waals surface area contributed by atoms with Gasteiger partial charge >= 0.3 is 0 Å². The van der Waals surface area contributed by atoms with Gasteiger partial charge in [0.2, 0.25) is 17.6 Å². The lowest BCUT2D eigenvalue weighted by Crippen LogP contribution is -2.39. The van der Waals surface area contributed by atoms with E-state index in [9.17, 15) is 9.59 Å². The van der Waals surface area contributed by atoms with Gasteiger partial charge in [0.1, 0.15) is 0 Å². The molecule has 10 heteroatoms. The van der Waals surface area contributed by atoms with Gasteiger partial charge in [-0.25, -0.2) is 4.98 Å². The van der Waals surface area contributed by atoms with E-state index in [0.29, 0.717) is 41.2 Å². The summed E-state index contributed by atoms with van der Waals surface area (Å²) >= 11 is 1.45. The molecular weight excluding hydrogens is 458 g/mol. The van der Waals surface area contributed by atoms with E-state index in [1.54, 1.807) is 29.0 Å². The standard InChI is InChI=1S/C24H27N3O6S/c1-30-10-9-26(24-25-17-7-5-6-8-20(17)34-24)23(29)15-11-21(28)27(14-15)16-12-18(31-2)22(33-4)19(13-16)32-3/h5-8,12-13,15H,9-11,14H2,1-4H3. The van der Waals surface area contributed by atoms with Crippen LogP contribution in [0.4, 0.5) is 10.8 Å². The number of thiazole rings is 1. The minimum Gasteiger partial charge on any atom is -0.493 e. The van der Waals surface area contributed by atoms with Gasteiger partial charge in [0, 0.05) is 32.2 Å². The number of hydrogen-bond acceptors (Lipinski definition) is 8. The molecule has 2 heterocycles. The van der Waals surface area contributed by atoms with Crippen molar-refractivity contribution in [2.45, 2.75) is 6.42 Å². The van der Waals surface area contributed by atoms with Crippen LogP contribution in [0.5, 0.6) is 17.2 Å². The van der Waals surface area contributed by atoms with E-state index in [1.165, 1.54) is 32.7 Å². The summed E-state index contributed by atoms with van der Waals surface area (Å²) in [4.78, 5) is 34.4. The van der Waals surface area contributed by atoms with Gasteiger partial charge in [-0.05, 0) is 12.1 Å². The number of anilines is 2. The van der Waals surface area contributed by atoms with Gasteiger partial charge in [0.15, 0.2) is 16.6 Å². The second-order valence-corrected chi connectivity index (χ2v) is 8.74. The minimum atomic E-state index is -0.518. The summed E-state index contributed by atoms with van der Waals surface area (Å²) in [7, 11) is 6.15. The number of benzene rings is 2. The summed E-state index contributed by atoms with van der Waals surface area (Å²) in [6, 6.07) is 11.2. The first-order chi connectivity index (χ1) is 16.5. The van der Waals surface area contributed by atoms with E-state index in [-0.39, 0.29) is 24.8 Å². The van der Waals surface area contributed by atoms with Crippen molar-refractivity contribution in [2.24, 2.45) is 5.92 Å². The Kier molecular flexibility index (Phi) is 7.18. The van der Waals surface area contributed by atoms with Gasteiger partial charge in [-0.1, -0.05) is 23.5 Å². The van der Waals surface area contributed by atoms with E-state index < -0.39 is 5.92 Å². The molecule has 1 aliphatic rings. The van der Waals surface area contributed by atoms with E-state index >= 15 is 0 Å². The van der Waals surface area contributed by atoms with Crippen molar-refractivity contribution in [1.82, 2.24) is 4.98 Å². The van der Waals surface area contributed by atoms with E-state index in [1.807, 2.05) is 24.3 Å². The highest BCUT2D eigenvalue weighted by Crippen LogP contribution is 2.42. The predicted molar refractivity (Wildman–Crippen MR) is 130 cm³/mol. The molecule has 0 radical (unpaired) electrons. The maximum atomic E-state index is 13.6. The summed E-state index contributed by atoms with van der Waals surface area (Å²) in [5, 5.41) is 0.599. The van der Waals surface area contributed by atoms with Crippen LogP contribution >= 0.6 is 11.3 Å². The van der Waals surface area contributed by atoms with E-state index in [4.69, 9.17) is 18.9 Å². The van der Waals surface area contributed by atoms with Crippen LogP contribution in [0.25, 0.3) is 10.2 Å². The van der Waals surface area contributed by atoms with Crippen LogP contribution in [-0.2, 0) is 14.3 Å². The number of para-hydroxylation sites is 1. The Morgan fingerprint density at radius 2 is 1.82 bits per heavy atom. The molecule has 1 atom stereocenters. The molecule has 3 aromatic rings. The Labute approximate surface area is 201 Å². The smallest absolute Gasteiger partial charge is 0.234 e. The number of aromatic nitrogens is 1. The fourth-order valence-corrected chi connectivity index (χ4v) is 5.02. The molecule has 0 spiro atoms. The molecule has 1 fully saturated rings. The first kappa shape index (κ1) is 23.8. The first-order valence-corrected chi connectivity index (χ1v) is 11.6. The highest BCUT2D eigenvalue weighted by atomic mass is 32.1. The number of rotatable bonds is 9. The molecule has 2 amide bonds. The predicted octanol–water partition coefficient (Wildman–Crippen LogP) is 3.35. The lowest BCUT2D eigenvalue weighted by atomic mass is 10.1. The van der Waals surface area contributed by atoms with Gasteiger partial charge in [-0.2, -0.15) is 0 Å². The summed E-state index contributed by atoms with van der Waals surface area (Å²) in [5.41, 5.74) is 1.41. The summed E-state index contributed by atoms with van der Waals surface area (Å²) in [6.07, 6.45) is 0.101. The topological polar surface area (TPSA) is 90.4 Å². The fraction of sp³-hybridized carbons (Fsp3) is 0.375. The zero-order valence-corrected chi connectivity index (χ0v) is 20.4. The number of amides is 2. The second-order valence-electron chi connectivity index (χ2n) is 7.74. The summed E-state index contributed by atoms with van der Waals surface area (Å²) < 4.78 is 22.4. The van der Waals surface area contributed by atoms with Crippen molar-refractivity contribution in [3.05, 3.63) is 36.4 Å². The number of carbonyl (C=O) groups is 2. The van der Waals surface area contributed by atoms with Crippen molar-refractivity contribution in [3.63, 3.8) is 0 Å². The normalized spacial score (nSPS) is 15.6. The Morgan fingerprint density at radius 1 is 1.12 bits per heavy atom. The highest BCUT2D eigenvalue weighted by Gasteiger charge is 2.39.